The van der Waals surface area contributed by atoms with Crippen molar-refractivity contribution in [3.05, 3.63) is 71.9 Å². The number of fused-ring (bicyclic) bond motifs is 2. The molecule has 1 amide bonds. The summed E-state index contributed by atoms with van der Waals surface area (Å²) in [6.45, 7) is 2.16. The van der Waals surface area contributed by atoms with Gasteiger partial charge in [-0.3, -0.25) is 9.20 Å². The van der Waals surface area contributed by atoms with E-state index in [1.54, 1.807) is 25.3 Å². The molecule has 0 bridgehead atoms. The average molecular weight is 401 g/mol. The Bertz CT molecular complexity index is 1280. The fraction of sp³-hybridized carbons (Fsp3) is 0.130. The molecule has 4 aromatic rings. The summed E-state index contributed by atoms with van der Waals surface area (Å²) in [6, 6.07) is 16.6. The Morgan fingerprint density at radius 1 is 1.10 bits per heavy atom. The third-order valence-electron chi connectivity index (χ3n) is 5.01. The summed E-state index contributed by atoms with van der Waals surface area (Å²) in [5, 5.41) is 3.02. The van der Waals surface area contributed by atoms with Gasteiger partial charge in [0.2, 0.25) is 6.79 Å². The van der Waals surface area contributed by atoms with Crippen LogP contribution in [0.15, 0.2) is 60.8 Å². The Hall–Kier alpha value is -4.00. The van der Waals surface area contributed by atoms with Gasteiger partial charge in [-0.05, 0) is 55.0 Å². The van der Waals surface area contributed by atoms with Gasteiger partial charge in [0.25, 0.3) is 5.91 Å². The molecule has 0 atom stereocenters. The van der Waals surface area contributed by atoms with E-state index in [9.17, 15) is 4.79 Å². The van der Waals surface area contributed by atoms with Crippen molar-refractivity contribution in [2.24, 2.45) is 0 Å². The number of nitrogens with zero attached hydrogens (tertiary/aromatic N) is 2. The van der Waals surface area contributed by atoms with Gasteiger partial charge in [0.05, 0.1) is 7.11 Å². The van der Waals surface area contributed by atoms with Crippen LogP contribution < -0.4 is 19.5 Å². The fourth-order valence-corrected chi connectivity index (χ4v) is 3.51. The maximum atomic E-state index is 13.1. The zero-order chi connectivity index (χ0) is 20.7. The van der Waals surface area contributed by atoms with Gasteiger partial charge in [0.15, 0.2) is 11.5 Å². The van der Waals surface area contributed by atoms with Gasteiger partial charge in [-0.15, -0.1) is 0 Å². The minimum atomic E-state index is -0.271. The largest absolute Gasteiger partial charge is 0.496 e. The second-order valence-electron chi connectivity index (χ2n) is 6.96. The maximum Gasteiger partial charge on any atom is 0.256 e. The molecule has 2 aromatic heterocycles. The van der Waals surface area contributed by atoms with Crippen molar-refractivity contribution in [1.29, 1.82) is 0 Å². The zero-order valence-electron chi connectivity index (χ0n) is 16.5. The monoisotopic (exact) mass is 401 g/mol. The summed E-state index contributed by atoms with van der Waals surface area (Å²) >= 11 is 0. The van der Waals surface area contributed by atoms with Crippen molar-refractivity contribution >= 4 is 17.4 Å². The Balaban J connectivity index is 1.61. The minimum Gasteiger partial charge on any atom is -0.496 e. The van der Waals surface area contributed by atoms with E-state index in [1.807, 2.05) is 53.9 Å². The van der Waals surface area contributed by atoms with E-state index < -0.39 is 0 Å². The Morgan fingerprint density at radius 2 is 1.93 bits per heavy atom. The lowest BCUT2D eigenvalue weighted by Crippen LogP contribution is -2.14. The summed E-state index contributed by atoms with van der Waals surface area (Å²) in [6.07, 6.45) is 1.89. The van der Waals surface area contributed by atoms with Crippen LogP contribution in [0.2, 0.25) is 0 Å². The fourth-order valence-electron chi connectivity index (χ4n) is 3.51. The predicted molar refractivity (Wildman–Crippen MR) is 112 cm³/mol. The molecule has 1 aliphatic rings. The summed E-state index contributed by atoms with van der Waals surface area (Å²) in [4.78, 5) is 17.9. The van der Waals surface area contributed by atoms with E-state index in [2.05, 4.69) is 5.32 Å². The first-order valence-corrected chi connectivity index (χ1v) is 9.47. The SMILES string of the molecule is COc1ccccc1-c1nc2cc(C)ccn2c1NC(=O)c1ccc2c(c1)OCO2. The summed E-state index contributed by atoms with van der Waals surface area (Å²) in [5.41, 5.74) is 3.70. The molecule has 3 heterocycles. The molecule has 0 fully saturated rings. The molecule has 7 heteroatoms. The zero-order valence-corrected chi connectivity index (χ0v) is 16.5. The number of hydrogen-bond donors (Lipinski definition) is 1. The molecule has 7 nitrogen and oxygen atoms in total. The number of pyridine rings is 1. The molecule has 0 radical (unpaired) electrons. The number of hydrogen-bond acceptors (Lipinski definition) is 5. The van der Waals surface area contributed by atoms with Crippen LogP contribution in [-0.2, 0) is 0 Å². The second-order valence-corrected chi connectivity index (χ2v) is 6.96. The van der Waals surface area contributed by atoms with Crippen LogP contribution >= 0.6 is 0 Å². The molecular formula is C23H19N3O4. The van der Waals surface area contributed by atoms with Crippen molar-refractivity contribution in [3.8, 4) is 28.5 Å². The van der Waals surface area contributed by atoms with E-state index in [-0.39, 0.29) is 12.7 Å². The normalized spacial score (nSPS) is 12.2. The second kappa shape index (κ2) is 7.11. The highest BCUT2D eigenvalue weighted by Gasteiger charge is 2.21. The number of para-hydroxylation sites is 1. The van der Waals surface area contributed by atoms with Crippen LogP contribution in [0.4, 0.5) is 5.82 Å². The summed E-state index contributed by atoms with van der Waals surface area (Å²) in [7, 11) is 1.61. The maximum absolute atomic E-state index is 13.1. The molecule has 0 unspecified atom stereocenters. The molecule has 150 valence electrons. The molecule has 0 saturated heterocycles. The molecular weight excluding hydrogens is 382 g/mol. The number of carbonyl (C=O) groups excluding carboxylic acids is 1. The van der Waals surface area contributed by atoms with Crippen LogP contribution in [0.3, 0.4) is 0 Å². The van der Waals surface area contributed by atoms with Gasteiger partial charge in [-0.25, -0.2) is 4.98 Å². The van der Waals surface area contributed by atoms with Crippen LogP contribution in [0.5, 0.6) is 17.2 Å². The Labute approximate surface area is 172 Å². The number of carbonyl (C=O) groups is 1. The quantitative estimate of drug-likeness (QED) is 0.552. The van der Waals surface area contributed by atoms with Gasteiger partial charge >= 0.3 is 0 Å². The molecule has 0 spiro atoms. The van der Waals surface area contributed by atoms with Crippen LogP contribution in [-0.4, -0.2) is 29.2 Å². The molecule has 2 aromatic carbocycles. The van der Waals surface area contributed by atoms with E-state index in [0.29, 0.717) is 34.3 Å². The highest BCUT2D eigenvalue weighted by Crippen LogP contribution is 2.36. The number of anilines is 1. The number of rotatable bonds is 4. The lowest BCUT2D eigenvalue weighted by Gasteiger charge is -2.11. The first kappa shape index (κ1) is 18.1. The first-order valence-electron chi connectivity index (χ1n) is 9.47. The lowest BCUT2D eigenvalue weighted by atomic mass is 10.1. The van der Waals surface area contributed by atoms with Gasteiger partial charge in [0.1, 0.15) is 22.9 Å². The number of benzene rings is 2. The number of methoxy groups -OCH3 is 1. The molecule has 1 aliphatic heterocycles. The molecule has 0 aliphatic carbocycles. The minimum absolute atomic E-state index is 0.158. The average Bonchev–Trinajstić information content (AvgIpc) is 3.37. The molecule has 1 N–H and O–H groups in total. The third-order valence-corrected chi connectivity index (χ3v) is 5.01. The molecule has 5 rings (SSSR count). The molecule has 30 heavy (non-hydrogen) atoms. The van der Waals surface area contributed by atoms with Crippen molar-refractivity contribution in [1.82, 2.24) is 9.38 Å². The smallest absolute Gasteiger partial charge is 0.256 e. The Morgan fingerprint density at radius 3 is 2.80 bits per heavy atom. The number of ether oxygens (including phenoxy) is 3. The molecule has 0 saturated carbocycles. The van der Waals surface area contributed by atoms with Gasteiger partial charge in [-0.1, -0.05) is 12.1 Å². The number of imidazole rings is 1. The first-order chi connectivity index (χ1) is 14.6. The Kier molecular flexibility index (Phi) is 4.28. The van der Waals surface area contributed by atoms with Crippen molar-refractivity contribution < 1.29 is 19.0 Å². The number of nitrogens with one attached hydrogen (secondary N) is 1. The van der Waals surface area contributed by atoms with E-state index in [1.165, 1.54) is 0 Å². The van der Waals surface area contributed by atoms with E-state index in [4.69, 9.17) is 19.2 Å². The number of amides is 1. The third kappa shape index (κ3) is 3.00. The van der Waals surface area contributed by atoms with Crippen LogP contribution in [0.25, 0.3) is 16.9 Å². The van der Waals surface area contributed by atoms with E-state index in [0.717, 1.165) is 16.8 Å². The summed E-state index contributed by atoms with van der Waals surface area (Å²) < 4.78 is 18.1. The topological polar surface area (TPSA) is 74.1 Å². The number of aromatic nitrogens is 2. The predicted octanol–water partition coefficient (Wildman–Crippen LogP) is 4.30. The lowest BCUT2D eigenvalue weighted by molar-refractivity contribution is 0.102. The van der Waals surface area contributed by atoms with E-state index >= 15 is 0 Å². The van der Waals surface area contributed by atoms with Gasteiger partial charge in [0, 0.05) is 17.3 Å². The highest BCUT2D eigenvalue weighted by molar-refractivity contribution is 6.06. The van der Waals surface area contributed by atoms with Crippen LogP contribution in [0, 0.1) is 6.92 Å². The van der Waals surface area contributed by atoms with Crippen molar-refractivity contribution in [3.63, 3.8) is 0 Å². The van der Waals surface area contributed by atoms with Crippen molar-refractivity contribution in [2.45, 2.75) is 6.92 Å². The number of aryl methyl sites for hydroxylation is 1. The van der Waals surface area contributed by atoms with Crippen LogP contribution in [0.1, 0.15) is 15.9 Å². The van der Waals surface area contributed by atoms with Gasteiger partial charge < -0.3 is 19.5 Å². The highest BCUT2D eigenvalue weighted by atomic mass is 16.7. The summed E-state index contributed by atoms with van der Waals surface area (Å²) in [5.74, 6) is 2.16. The standard InChI is InChI=1S/C23H19N3O4/c1-14-9-10-26-20(11-14)24-21(16-5-3-4-6-17(16)28-2)22(26)25-23(27)15-7-8-18-19(12-15)30-13-29-18/h3-12H,13H2,1-2H3,(H,25,27). The van der Waals surface area contributed by atoms with Gasteiger partial charge in [-0.2, -0.15) is 0 Å². The van der Waals surface area contributed by atoms with Crippen molar-refractivity contribution in [2.75, 3.05) is 19.2 Å².